The van der Waals surface area contributed by atoms with Crippen LogP contribution >= 0.6 is 0 Å². The molecule has 1 atom stereocenters. The van der Waals surface area contributed by atoms with E-state index in [2.05, 4.69) is 4.74 Å². The van der Waals surface area contributed by atoms with Gasteiger partial charge in [-0.2, -0.15) is 0 Å². The van der Waals surface area contributed by atoms with E-state index in [0.29, 0.717) is 5.56 Å². The van der Waals surface area contributed by atoms with Gasteiger partial charge in [-0.05, 0) is 17.7 Å². The number of hydrogen-bond acceptors (Lipinski definition) is 5. The minimum atomic E-state index is -0.764. The lowest BCUT2D eigenvalue weighted by Gasteiger charge is -2.13. The van der Waals surface area contributed by atoms with E-state index < -0.39 is 11.9 Å². The van der Waals surface area contributed by atoms with Crippen molar-refractivity contribution in [2.75, 3.05) is 20.8 Å². The lowest BCUT2D eigenvalue weighted by molar-refractivity contribution is -0.143. The minimum absolute atomic E-state index is 0.0206. The van der Waals surface area contributed by atoms with Gasteiger partial charge in [-0.3, -0.25) is 4.79 Å². The standard InChI is InChI=1S/C11H14O5/c1-15-10-5-7(3-4-9(10)13)8(6-12)11(14)16-2/h3-5,8,12-13H,6H2,1-2H3/t8-/m1/s1. The van der Waals surface area contributed by atoms with Gasteiger partial charge in [-0.15, -0.1) is 0 Å². The molecule has 16 heavy (non-hydrogen) atoms. The second-order valence-corrected chi connectivity index (χ2v) is 3.19. The molecule has 0 bridgehead atoms. The van der Waals surface area contributed by atoms with Crippen LogP contribution in [0.5, 0.6) is 11.5 Å². The van der Waals surface area contributed by atoms with Crippen LogP contribution in [0.4, 0.5) is 0 Å². The molecule has 5 nitrogen and oxygen atoms in total. The van der Waals surface area contributed by atoms with Crippen LogP contribution in [0.3, 0.4) is 0 Å². The van der Waals surface area contributed by atoms with Crippen molar-refractivity contribution in [3.8, 4) is 11.5 Å². The van der Waals surface area contributed by atoms with Crippen LogP contribution in [0.1, 0.15) is 11.5 Å². The van der Waals surface area contributed by atoms with Gasteiger partial charge in [0.1, 0.15) is 5.92 Å². The van der Waals surface area contributed by atoms with Gasteiger partial charge in [0.2, 0.25) is 0 Å². The average Bonchev–Trinajstić information content (AvgIpc) is 2.31. The van der Waals surface area contributed by atoms with Crippen molar-refractivity contribution >= 4 is 5.97 Å². The third-order valence-corrected chi connectivity index (χ3v) is 2.27. The lowest BCUT2D eigenvalue weighted by Crippen LogP contribution is -2.17. The van der Waals surface area contributed by atoms with Crippen LogP contribution in [-0.4, -0.2) is 37.0 Å². The molecular weight excluding hydrogens is 212 g/mol. The molecule has 1 aromatic carbocycles. The van der Waals surface area contributed by atoms with Crippen molar-refractivity contribution < 1.29 is 24.5 Å². The third-order valence-electron chi connectivity index (χ3n) is 2.27. The molecule has 1 aromatic rings. The van der Waals surface area contributed by atoms with Crippen LogP contribution in [-0.2, 0) is 9.53 Å². The van der Waals surface area contributed by atoms with Crippen molar-refractivity contribution in [1.29, 1.82) is 0 Å². The molecule has 0 saturated carbocycles. The first kappa shape index (κ1) is 12.3. The zero-order valence-corrected chi connectivity index (χ0v) is 9.14. The Morgan fingerprint density at radius 1 is 1.44 bits per heavy atom. The first-order valence-electron chi connectivity index (χ1n) is 4.69. The molecule has 0 aliphatic carbocycles. The van der Waals surface area contributed by atoms with E-state index in [4.69, 9.17) is 9.84 Å². The highest BCUT2D eigenvalue weighted by atomic mass is 16.5. The van der Waals surface area contributed by atoms with Crippen molar-refractivity contribution in [1.82, 2.24) is 0 Å². The predicted molar refractivity (Wildman–Crippen MR) is 56.5 cm³/mol. The number of carbonyl (C=O) groups excluding carboxylic acids is 1. The van der Waals surface area contributed by atoms with E-state index in [9.17, 15) is 9.90 Å². The molecule has 0 unspecified atom stereocenters. The maximum absolute atomic E-state index is 11.3. The quantitative estimate of drug-likeness (QED) is 0.737. The van der Waals surface area contributed by atoms with Crippen molar-refractivity contribution in [2.45, 2.75) is 5.92 Å². The number of benzene rings is 1. The molecule has 0 heterocycles. The minimum Gasteiger partial charge on any atom is -0.504 e. The molecule has 1 rings (SSSR count). The number of aromatic hydroxyl groups is 1. The van der Waals surface area contributed by atoms with Crippen LogP contribution in [0, 0.1) is 0 Å². The van der Waals surface area contributed by atoms with Gasteiger partial charge in [0, 0.05) is 0 Å². The largest absolute Gasteiger partial charge is 0.504 e. The number of hydrogen-bond donors (Lipinski definition) is 2. The zero-order valence-electron chi connectivity index (χ0n) is 9.14. The summed E-state index contributed by atoms with van der Waals surface area (Å²) in [6.07, 6.45) is 0. The Morgan fingerprint density at radius 3 is 2.62 bits per heavy atom. The molecule has 0 fully saturated rings. The summed E-state index contributed by atoms with van der Waals surface area (Å²) >= 11 is 0. The first-order valence-corrected chi connectivity index (χ1v) is 4.69. The average molecular weight is 226 g/mol. The Labute approximate surface area is 93.2 Å². The highest BCUT2D eigenvalue weighted by Gasteiger charge is 2.21. The lowest BCUT2D eigenvalue weighted by atomic mass is 10.00. The number of phenolic OH excluding ortho intramolecular Hbond substituents is 1. The molecule has 0 saturated heterocycles. The monoisotopic (exact) mass is 226 g/mol. The molecule has 2 N–H and O–H groups in total. The van der Waals surface area contributed by atoms with Crippen molar-refractivity contribution in [3.63, 3.8) is 0 Å². The molecule has 88 valence electrons. The number of aliphatic hydroxyl groups is 1. The number of rotatable bonds is 4. The Morgan fingerprint density at radius 2 is 2.12 bits per heavy atom. The fourth-order valence-electron chi connectivity index (χ4n) is 1.37. The molecular formula is C11H14O5. The molecule has 5 heteroatoms. The number of carbonyl (C=O) groups is 1. The van der Waals surface area contributed by atoms with E-state index in [1.165, 1.54) is 32.4 Å². The summed E-state index contributed by atoms with van der Waals surface area (Å²) in [4.78, 5) is 11.3. The number of phenols is 1. The van der Waals surface area contributed by atoms with Gasteiger partial charge < -0.3 is 19.7 Å². The SMILES string of the molecule is COC(=O)[C@H](CO)c1ccc(O)c(OC)c1. The molecule has 0 aliphatic rings. The number of esters is 1. The number of ether oxygens (including phenoxy) is 2. The van der Waals surface area contributed by atoms with Gasteiger partial charge in [-0.1, -0.05) is 6.07 Å². The predicted octanol–water partition coefficient (Wildman–Crippen LogP) is 0.650. The number of methoxy groups -OCH3 is 2. The molecule has 0 aliphatic heterocycles. The van der Waals surface area contributed by atoms with Gasteiger partial charge in [0.25, 0.3) is 0 Å². The van der Waals surface area contributed by atoms with Crippen molar-refractivity contribution in [3.05, 3.63) is 23.8 Å². The highest BCUT2D eigenvalue weighted by molar-refractivity contribution is 5.78. The Balaban J connectivity index is 3.06. The Bertz CT molecular complexity index is 375. The highest BCUT2D eigenvalue weighted by Crippen LogP contribution is 2.29. The second kappa shape index (κ2) is 5.37. The fraction of sp³-hybridized carbons (Fsp3) is 0.364. The van der Waals surface area contributed by atoms with E-state index >= 15 is 0 Å². The van der Waals surface area contributed by atoms with Crippen LogP contribution < -0.4 is 4.74 Å². The first-order chi connectivity index (χ1) is 7.63. The summed E-state index contributed by atoms with van der Waals surface area (Å²) in [6, 6.07) is 4.43. The van der Waals surface area contributed by atoms with Gasteiger partial charge in [-0.25, -0.2) is 0 Å². The summed E-state index contributed by atoms with van der Waals surface area (Å²) in [5.74, 6) is -1.07. The summed E-state index contributed by atoms with van der Waals surface area (Å²) in [6.45, 7) is -0.361. The van der Waals surface area contributed by atoms with E-state index in [-0.39, 0.29) is 18.1 Å². The molecule has 0 radical (unpaired) electrons. The summed E-state index contributed by atoms with van der Waals surface area (Å²) < 4.78 is 9.47. The molecule has 0 aromatic heterocycles. The van der Waals surface area contributed by atoms with Gasteiger partial charge in [0.05, 0.1) is 20.8 Å². The smallest absolute Gasteiger partial charge is 0.315 e. The van der Waals surface area contributed by atoms with Gasteiger partial charge >= 0.3 is 5.97 Å². The summed E-state index contributed by atoms with van der Waals surface area (Å²) in [5, 5.41) is 18.5. The maximum Gasteiger partial charge on any atom is 0.315 e. The van der Waals surface area contributed by atoms with Crippen LogP contribution in [0.25, 0.3) is 0 Å². The molecule has 0 amide bonds. The van der Waals surface area contributed by atoms with Crippen molar-refractivity contribution in [2.24, 2.45) is 0 Å². The zero-order chi connectivity index (χ0) is 12.1. The third kappa shape index (κ3) is 2.43. The fourth-order valence-corrected chi connectivity index (χ4v) is 1.37. The molecule has 0 spiro atoms. The van der Waals surface area contributed by atoms with Crippen LogP contribution in [0.15, 0.2) is 18.2 Å². The maximum atomic E-state index is 11.3. The van der Waals surface area contributed by atoms with E-state index in [1.54, 1.807) is 0 Å². The number of aliphatic hydroxyl groups excluding tert-OH is 1. The van der Waals surface area contributed by atoms with Gasteiger partial charge in [0.15, 0.2) is 11.5 Å². The van der Waals surface area contributed by atoms with E-state index in [1.807, 2.05) is 0 Å². The van der Waals surface area contributed by atoms with E-state index in [0.717, 1.165) is 0 Å². The summed E-state index contributed by atoms with van der Waals surface area (Å²) in [7, 11) is 2.66. The van der Waals surface area contributed by atoms with Crippen LogP contribution in [0.2, 0.25) is 0 Å². The topological polar surface area (TPSA) is 76.0 Å². The normalized spacial score (nSPS) is 11.9. The summed E-state index contributed by atoms with van der Waals surface area (Å²) in [5.41, 5.74) is 0.531. The second-order valence-electron chi connectivity index (χ2n) is 3.19. The Hall–Kier alpha value is -1.75. The Kier molecular flexibility index (Phi) is 4.13.